The van der Waals surface area contributed by atoms with Gasteiger partial charge in [0, 0.05) is 41.2 Å². The number of phenolic OH excluding ortho intramolecular Hbond substituents is 1. The predicted molar refractivity (Wildman–Crippen MR) is 95.0 cm³/mol. The van der Waals surface area contributed by atoms with Crippen LogP contribution in [0.1, 0.15) is 12.6 Å². The van der Waals surface area contributed by atoms with Gasteiger partial charge in [0.2, 0.25) is 0 Å². The molecule has 0 amide bonds. The first kappa shape index (κ1) is 15.3. The minimum Gasteiger partial charge on any atom is -0.508 e. The predicted octanol–water partition coefficient (Wildman–Crippen LogP) is 3.02. The number of hydrogen-bond acceptors (Lipinski definition) is 4. The van der Waals surface area contributed by atoms with Crippen LogP contribution in [0.4, 0.5) is 0 Å². The van der Waals surface area contributed by atoms with Crippen molar-refractivity contribution in [1.29, 1.82) is 0 Å². The zero-order valence-corrected chi connectivity index (χ0v) is 14.2. The fourth-order valence-electron chi connectivity index (χ4n) is 4.42. The number of carboxylic acids is 1. The summed E-state index contributed by atoms with van der Waals surface area (Å²) in [5.74, 6) is -0.672. The number of ether oxygens (including phenoxy) is 1. The van der Waals surface area contributed by atoms with Crippen molar-refractivity contribution in [3.05, 3.63) is 48.0 Å². The van der Waals surface area contributed by atoms with Gasteiger partial charge in [-0.1, -0.05) is 0 Å². The van der Waals surface area contributed by atoms with Gasteiger partial charge in [-0.25, -0.2) is 9.78 Å². The highest BCUT2D eigenvalue weighted by Crippen LogP contribution is 2.43. The molecule has 0 saturated heterocycles. The number of aliphatic carboxylic acids is 1. The van der Waals surface area contributed by atoms with Crippen LogP contribution >= 0.6 is 0 Å². The van der Waals surface area contributed by atoms with Crippen LogP contribution < -0.4 is 0 Å². The molecular formula is C20H18N2O4. The average molecular weight is 350 g/mol. The summed E-state index contributed by atoms with van der Waals surface area (Å²) < 4.78 is 7.75. The first-order valence-corrected chi connectivity index (χ1v) is 8.72. The van der Waals surface area contributed by atoms with Crippen LogP contribution in [-0.2, 0) is 22.5 Å². The lowest BCUT2D eigenvalue weighted by Crippen LogP contribution is -2.42. The third kappa shape index (κ3) is 2.05. The Kier molecular flexibility index (Phi) is 3.07. The van der Waals surface area contributed by atoms with E-state index in [1.54, 1.807) is 12.1 Å². The van der Waals surface area contributed by atoms with Crippen LogP contribution in [-0.4, -0.2) is 31.8 Å². The Morgan fingerprint density at radius 1 is 1.35 bits per heavy atom. The third-order valence-corrected chi connectivity index (χ3v) is 5.80. The minimum absolute atomic E-state index is 0.0249. The van der Waals surface area contributed by atoms with Crippen LogP contribution in [0.2, 0.25) is 0 Å². The van der Waals surface area contributed by atoms with Gasteiger partial charge >= 0.3 is 5.97 Å². The van der Waals surface area contributed by atoms with E-state index in [2.05, 4.69) is 4.57 Å². The van der Waals surface area contributed by atoms with Crippen LogP contribution in [0.25, 0.3) is 22.2 Å². The fourth-order valence-corrected chi connectivity index (χ4v) is 4.42. The highest BCUT2D eigenvalue weighted by atomic mass is 16.5. The van der Waals surface area contributed by atoms with Gasteiger partial charge in [-0.2, -0.15) is 0 Å². The summed E-state index contributed by atoms with van der Waals surface area (Å²) >= 11 is 0. The fraction of sp³-hybridized carbons (Fsp3) is 0.300. The topological polar surface area (TPSA) is 84.6 Å². The second kappa shape index (κ2) is 5.24. The van der Waals surface area contributed by atoms with Gasteiger partial charge in [0.05, 0.1) is 23.0 Å². The summed E-state index contributed by atoms with van der Waals surface area (Å²) in [6.45, 7) is 2.70. The minimum atomic E-state index is -0.918. The van der Waals surface area contributed by atoms with Crippen molar-refractivity contribution >= 4 is 16.9 Å². The molecule has 0 bridgehead atoms. The van der Waals surface area contributed by atoms with E-state index in [0.29, 0.717) is 18.5 Å². The molecule has 6 nitrogen and oxygen atoms in total. The molecule has 4 aliphatic heterocycles. The van der Waals surface area contributed by atoms with Gasteiger partial charge in [0.1, 0.15) is 11.9 Å². The van der Waals surface area contributed by atoms with Crippen molar-refractivity contribution in [2.75, 3.05) is 0 Å². The Hall–Kier alpha value is -3.02. The molecule has 0 saturated carbocycles. The summed E-state index contributed by atoms with van der Waals surface area (Å²) in [5.41, 5.74) is 4.09. The smallest absolute Gasteiger partial charge is 0.334 e. The van der Waals surface area contributed by atoms with E-state index in [4.69, 9.17) is 9.72 Å². The molecule has 6 heteroatoms. The van der Waals surface area contributed by atoms with Crippen LogP contribution in [0.3, 0.4) is 0 Å². The van der Waals surface area contributed by atoms with Gasteiger partial charge in [0.25, 0.3) is 0 Å². The third-order valence-electron chi connectivity index (χ3n) is 5.80. The Morgan fingerprint density at radius 2 is 2.19 bits per heavy atom. The van der Waals surface area contributed by atoms with Gasteiger partial charge < -0.3 is 19.5 Å². The van der Waals surface area contributed by atoms with Gasteiger partial charge in [0.15, 0.2) is 0 Å². The molecule has 1 aromatic carbocycles. The van der Waals surface area contributed by atoms with Gasteiger partial charge in [-0.3, -0.25) is 0 Å². The van der Waals surface area contributed by atoms with E-state index in [1.165, 1.54) is 6.26 Å². The number of pyridine rings is 1. The standard InChI is InChI=1S/C20H18N2O4/c1-10-15-8-22-5-4-12-14-6-11(23)2-3-17(14)21-19(12)18(22)7-13(15)16(9-26-10)20(24)25/h2-6,9-10,13,15,23H,7-8H2,1H3,(H,24,25)/t10-,13-,15-/m0/s1. The van der Waals surface area contributed by atoms with Crippen LogP contribution in [0, 0.1) is 11.8 Å². The van der Waals surface area contributed by atoms with E-state index in [0.717, 1.165) is 27.9 Å². The van der Waals surface area contributed by atoms with E-state index in [9.17, 15) is 15.0 Å². The molecule has 0 spiro atoms. The van der Waals surface area contributed by atoms with Gasteiger partial charge in [-0.05, 0) is 37.6 Å². The molecule has 2 N–H and O–H groups in total. The Balaban J connectivity index is 1.68. The maximum atomic E-state index is 11.7. The molecule has 0 aromatic heterocycles. The number of aromatic nitrogens is 2. The molecule has 1 aromatic rings. The number of nitrogens with zero attached hydrogens (tertiary/aromatic N) is 2. The number of phenols is 1. The second-order valence-corrected chi connectivity index (χ2v) is 7.18. The molecule has 5 rings (SSSR count). The molecule has 0 radical (unpaired) electrons. The van der Waals surface area contributed by atoms with Gasteiger partial charge in [-0.15, -0.1) is 0 Å². The number of fused-ring (bicyclic) bond motifs is 6. The Labute approximate surface area is 149 Å². The quantitative estimate of drug-likeness (QED) is 0.705. The average Bonchev–Trinajstić information content (AvgIpc) is 2.99. The lowest BCUT2D eigenvalue weighted by atomic mass is 9.75. The van der Waals surface area contributed by atoms with Crippen molar-refractivity contribution in [2.24, 2.45) is 11.8 Å². The van der Waals surface area contributed by atoms with Crippen molar-refractivity contribution in [1.82, 2.24) is 9.55 Å². The number of hydrogen-bond donors (Lipinski definition) is 2. The molecule has 0 aliphatic carbocycles. The number of carboxylic acid groups (broad SMARTS) is 1. The first-order chi connectivity index (χ1) is 12.5. The van der Waals surface area contributed by atoms with Crippen LogP contribution in [0.15, 0.2) is 42.3 Å². The van der Waals surface area contributed by atoms with Crippen molar-refractivity contribution < 1.29 is 19.7 Å². The molecule has 132 valence electrons. The first-order valence-electron chi connectivity index (χ1n) is 8.72. The summed E-state index contributed by atoms with van der Waals surface area (Å²) in [6, 6.07) is 7.20. The SMILES string of the molecule is C[C@@H]1OC=C(C(=O)O)[C@H]2Cc3c4nc5ccc(O)cc5c-4ccn3C[C@@H]12. The zero-order valence-electron chi connectivity index (χ0n) is 14.2. The molecule has 26 heavy (non-hydrogen) atoms. The second-order valence-electron chi connectivity index (χ2n) is 7.18. The summed E-state index contributed by atoms with van der Waals surface area (Å²) in [4.78, 5) is 16.4. The lowest BCUT2D eigenvalue weighted by Gasteiger charge is -2.40. The number of benzene rings is 1. The monoisotopic (exact) mass is 350 g/mol. The lowest BCUT2D eigenvalue weighted by molar-refractivity contribution is -0.134. The number of carbonyl (C=O) groups is 1. The van der Waals surface area contributed by atoms with E-state index in [-0.39, 0.29) is 23.7 Å². The zero-order chi connectivity index (χ0) is 18.0. The Bertz CT molecular complexity index is 1050. The number of aromatic hydroxyl groups is 1. The van der Waals surface area contributed by atoms with E-state index < -0.39 is 5.97 Å². The van der Waals surface area contributed by atoms with Crippen LogP contribution in [0.5, 0.6) is 5.75 Å². The largest absolute Gasteiger partial charge is 0.508 e. The maximum Gasteiger partial charge on any atom is 0.334 e. The van der Waals surface area contributed by atoms with E-state index in [1.807, 2.05) is 25.3 Å². The van der Waals surface area contributed by atoms with Crippen molar-refractivity contribution in [2.45, 2.75) is 26.0 Å². The summed E-state index contributed by atoms with van der Waals surface area (Å²) in [7, 11) is 0. The maximum absolute atomic E-state index is 11.7. The molecule has 4 aliphatic rings. The highest BCUT2D eigenvalue weighted by Gasteiger charge is 2.41. The Morgan fingerprint density at radius 3 is 3.00 bits per heavy atom. The van der Waals surface area contributed by atoms with E-state index >= 15 is 0 Å². The molecule has 3 atom stereocenters. The molecular weight excluding hydrogens is 332 g/mol. The van der Waals surface area contributed by atoms with Crippen molar-refractivity contribution in [3.8, 4) is 17.0 Å². The summed E-state index contributed by atoms with van der Waals surface area (Å²) in [5, 5.41) is 20.3. The molecule has 0 fully saturated rings. The highest BCUT2D eigenvalue weighted by molar-refractivity contribution is 5.98. The molecule has 0 unspecified atom stereocenters. The molecule has 4 heterocycles. The summed E-state index contributed by atoms with van der Waals surface area (Å²) in [6.07, 6.45) is 4.04. The number of rotatable bonds is 1. The van der Waals surface area contributed by atoms with Crippen molar-refractivity contribution in [3.63, 3.8) is 0 Å². The normalized spacial score (nSPS) is 24.7.